The highest BCUT2D eigenvalue weighted by Gasteiger charge is 2.18. The Morgan fingerprint density at radius 2 is 1.39 bits per heavy atom. The first kappa shape index (κ1) is 20.1. The van der Waals surface area contributed by atoms with Crippen LogP contribution in [-0.4, -0.2) is 4.57 Å². The number of aryl methyl sites for hydroxylation is 1. The van der Waals surface area contributed by atoms with Crippen molar-refractivity contribution in [3.63, 3.8) is 0 Å². The summed E-state index contributed by atoms with van der Waals surface area (Å²) in [5.74, 6) is 0.126. The minimum Gasteiger partial charge on any atom is -0.315 e. The molecule has 0 spiro atoms. The monoisotopic (exact) mass is 373 g/mol. The van der Waals surface area contributed by atoms with E-state index in [-0.39, 0.29) is 11.5 Å². The van der Waals surface area contributed by atoms with Crippen LogP contribution in [0.5, 0.6) is 0 Å². The Morgan fingerprint density at radius 3 is 1.93 bits per heavy atom. The first-order valence-corrected chi connectivity index (χ1v) is 10.3. The number of rotatable bonds is 8. The summed E-state index contributed by atoms with van der Waals surface area (Å²) in [5, 5.41) is 0. The van der Waals surface area contributed by atoms with E-state index < -0.39 is 0 Å². The van der Waals surface area contributed by atoms with Crippen molar-refractivity contribution in [3.8, 4) is 0 Å². The third kappa shape index (κ3) is 5.01. The van der Waals surface area contributed by atoms with Gasteiger partial charge in [0, 0.05) is 24.7 Å². The van der Waals surface area contributed by atoms with E-state index in [1.807, 2.05) is 22.8 Å². The average Bonchev–Trinajstić information content (AvgIpc) is 2.72. The molecule has 0 unspecified atom stereocenters. The van der Waals surface area contributed by atoms with Gasteiger partial charge in [-0.2, -0.15) is 0 Å². The first-order chi connectivity index (χ1) is 13.5. The average molecular weight is 374 g/mol. The van der Waals surface area contributed by atoms with Gasteiger partial charge in [0.25, 0.3) is 5.56 Å². The van der Waals surface area contributed by atoms with Gasteiger partial charge in [0.05, 0.1) is 0 Å². The maximum atomic E-state index is 12.5. The van der Waals surface area contributed by atoms with Crippen LogP contribution in [0.3, 0.4) is 0 Å². The molecule has 2 aromatic carbocycles. The van der Waals surface area contributed by atoms with Gasteiger partial charge in [-0.15, -0.1) is 0 Å². The van der Waals surface area contributed by atoms with Gasteiger partial charge in [0.15, 0.2) is 0 Å². The molecule has 0 N–H and O–H groups in total. The Morgan fingerprint density at radius 1 is 0.821 bits per heavy atom. The number of nitrogens with zero attached hydrogens (tertiary/aromatic N) is 1. The number of hydrogen-bond acceptors (Lipinski definition) is 1. The van der Waals surface area contributed by atoms with Crippen molar-refractivity contribution in [2.24, 2.45) is 5.41 Å². The van der Waals surface area contributed by atoms with E-state index in [0.717, 1.165) is 31.4 Å². The van der Waals surface area contributed by atoms with Crippen molar-refractivity contribution in [3.05, 3.63) is 106 Å². The Bertz CT molecular complexity index is 886. The molecule has 0 bridgehead atoms. The molecule has 0 amide bonds. The topological polar surface area (TPSA) is 22.0 Å². The van der Waals surface area contributed by atoms with E-state index in [2.05, 4.69) is 75.5 Å². The van der Waals surface area contributed by atoms with Crippen molar-refractivity contribution in [2.75, 3.05) is 0 Å². The van der Waals surface area contributed by atoms with Crippen molar-refractivity contribution < 1.29 is 0 Å². The van der Waals surface area contributed by atoms with Crippen molar-refractivity contribution >= 4 is 0 Å². The quantitative estimate of drug-likeness (QED) is 0.458. The van der Waals surface area contributed by atoms with Gasteiger partial charge in [0.2, 0.25) is 0 Å². The van der Waals surface area contributed by atoms with E-state index in [1.54, 1.807) is 6.07 Å². The molecular weight excluding hydrogens is 342 g/mol. The summed E-state index contributed by atoms with van der Waals surface area (Å²) in [6.45, 7) is 7.60. The maximum Gasteiger partial charge on any atom is 0.250 e. The Labute approximate surface area is 168 Å². The summed E-state index contributed by atoms with van der Waals surface area (Å²) in [6.07, 6.45) is 5.37. The van der Waals surface area contributed by atoms with E-state index in [9.17, 15) is 4.79 Å². The van der Waals surface area contributed by atoms with Crippen LogP contribution in [0.1, 0.15) is 62.6 Å². The molecule has 0 aliphatic rings. The zero-order valence-electron chi connectivity index (χ0n) is 17.3. The lowest BCUT2D eigenvalue weighted by Crippen LogP contribution is -2.21. The summed E-state index contributed by atoms with van der Waals surface area (Å²) in [7, 11) is 0. The highest BCUT2D eigenvalue weighted by molar-refractivity contribution is 5.41. The molecule has 2 nitrogen and oxygen atoms in total. The normalized spacial score (nSPS) is 11.7. The Balaban J connectivity index is 1.92. The Hall–Kier alpha value is -2.61. The zero-order valence-corrected chi connectivity index (χ0v) is 17.3. The predicted molar refractivity (Wildman–Crippen MR) is 118 cm³/mol. The molecule has 1 heterocycles. The molecule has 3 aromatic rings. The van der Waals surface area contributed by atoms with Gasteiger partial charge in [-0.05, 0) is 34.9 Å². The summed E-state index contributed by atoms with van der Waals surface area (Å²) in [4.78, 5) is 12.5. The van der Waals surface area contributed by atoms with Crippen LogP contribution in [0.2, 0.25) is 0 Å². The van der Waals surface area contributed by atoms with E-state index in [1.165, 1.54) is 11.1 Å². The highest BCUT2D eigenvalue weighted by atomic mass is 16.1. The van der Waals surface area contributed by atoms with E-state index in [4.69, 9.17) is 0 Å². The molecular formula is C26H31NO. The Kier molecular flexibility index (Phi) is 6.51. The second-order valence-electron chi connectivity index (χ2n) is 8.37. The lowest BCUT2D eigenvalue weighted by atomic mass is 9.85. The van der Waals surface area contributed by atoms with Crippen LogP contribution in [0.15, 0.2) is 83.8 Å². The molecule has 3 rings (SSSR count). The second-order valence-corrected chi connectivity index (χ2v) is 8.37. The molecule has 0 fully saturated rings. The van der Waals surface area contributed by atoms with Gasteiger partial charge in [-0.1, -0.05) is 93.9 Å². The van der Waals surface area contributed by atoms with Gasteiger partial charge < -0.3 is 4.57 Å². The molecule has 28 heavy (non-hydrogen) atoms. The number of pyridine rings is 1. The van der Waals surface area contributed by atoms with Crippen molar-refractivity contribution in [1.82, 2.24) is 4.57 Å². The number of hydrogen-bond donors (Lipinski definition) is 0. The number of aromatic nitrogens is 1. The summed E-state index contributed by atoms with van der Waals surface area (Å²) >= 11 is 0. The number of benzene rings is 2. The third-order valence-corrected chi connectivity index (χ3v) is 5.82. The zero-order chi connectivity index (χ0) is 20.0. The van der Waals surface area contributed by atoms with Crippen LogP contribution >= 0.6 is 0 Å². The van der Waals surface area contributed by atoms with Crippen molar-refractivity contribution in [1.29, 1.82) is 0 Å². The fourth-order valence-electron chi connectivity index (χ4n) is 3.67. The fraction of sp³-hybridized carbons (Fsp3) is 0.346. The van der Waals surface area contributed by atoms with E-state index >= 15 is 0 Å². The second kappa shape index (κ2) is 9.05. The van der Waals surface area contributed by atoms with Crippen LogP contribution in [0.25, 0.3) is 0 Å². The molecule has 0 saturated carbocycles. The lowest BCUT2D eigenvalue weighted by molar-refractivity contribution is 0.304. The minimum atomic E-state index is 0.0814. The molecule has 0 aliphatic carbocycles. The standard InChI is InChI=1S/C26H31NO/c1-4-26(2,3)18-11-19-27-20-23(16-17-24(27)28)25(21-12-7-5-8-13-21)22-14-9-6-10-15-22/h5-10,12-17,20,25H,4,11,18-19H2,1-3H3. The van der Waals surface area contributed by atoms with Crippen LogP contribution in [-0.2, 0) is 6.54 Å². The SMILES string of the molecule is CCC(C)(C)CCCn1cc(C(c2ccccc2)c2ccccc2)ccc1=O. The first-order valence-electron chi connectivity index (χ1n) is 10.3. The molecule has 1 aromatic heterocycles. The largest absolute Gasteiger partial charge is 0.315 e. The van der Waals surface area contributed by atoms with Crippen LogP contribution in [0.4, 0.5) is 0 Å². The fourth-order valence-corrected chi connectivity index (χ4v) is 3.67. The molecule has 0 radical (unpaired) electrons. The highest BCUT2D eigenvalue weighted by Crippen LogP contribution is 2.31. The van der Waals surface area contributed by atoms with Gasteiger partial charge in [0.1, 0.15) is 0 Å². The van der Waals surface area contributed by atoms with Gasteiger partial charge >= 0.3 is 0 Å². The molecule has 146 valence electrons. The predicted octanol–water partition coefficient (Wildman–Crippen LogP) is 6.24. The molecule has 2 heteroatoms. The summed E-state index contributed by atoms with van der Waals surface area (Å²) in [5.41, 5.74) is 4.05. The van der Waals surface area contributed by atoms with E-state index in [0.29, 0.717) is 5.41 Å². The lowest BCUT2D eigenvalue weighted by Gasteiger charge is -2.23. The van der Waals surface area contributed by atoms with Gasteiger partial charge in [-0.3, -0.25) is 4.79 Å². The van der Waals surface area contributed by atoms with Gasteiger partial charge in [-0.25, -0.2) is 0 Å². The minimum absolute atomic E-state index is 0.0814. The maximum absolute atomic E-state index is 12.5. The summed E-state index contributed by atoms with van der Waals surface area (Å²) < 4.78 is 1.89. The van der Waals surface area contributed by atoms with Crippen LogP contribution in [0, 0.1) is 5.41 Å². The summed E-state index contributed by atoms with van der Waals surface area (Å²) in [6, 6.07) is 24.8. The molecule has 0 atom stereocenters. The van der Waals surface area contributed by atoms with Crippen LogP contribution < -0.4 is 5.56 Å². The molecule has 0 saturated heterocycles. The molecule has 0 aliphatic heterocycles. The third-order valence-electron chi connectivity index (χ3n) is 5.82. The smallest absolute Gasteiger partial charge is 0.250 e. The van der Waals surface area contributed by atoms with Crippen molar-refractivity contribution in [2.45, 2.75) is 52.5 Å².